The molecule has 1 heterocycles. The highest BCUT2D eigenvalue weighted by molar-refractivity contribution is 14.1. The molecule has 1 aromatic carbocycles. The Hall–Kier alpha value is -1.24. The second-order valence-corrected chi connectivity index (χ2v) is 5.87. The third kappa shape index (κ3) is 4.62. The molecule has 0 amide bonds. The van der Waals surface area contributed by atoms with Crippen LogP contribution in [0.15, 0.2) is 29.4 Å². The molecule has 0 spiro atoms. The highest BCUT2D eigenvalue weighted by Gasteiger charge is 2.08. The Morgan fingerprint density at radius 1 is 1.24 bits per heavy atom. The van der Waals surface area contributed by atoms with Crippen LogP contribution in [0.25, 0.3) is 10.9 Å². The van der Waals surface area contributed by atoms with E-state index in [2.05, 4.69) is 50.9 Å². The topological polar surface area (TPSA) is 47.4 Å². The second-order valence-electron chi connectivity index (χ2n) is 4.79. The molecular formula is C16H20IN3O. The van der Waals surface area contributed by atoms with Crippen LogP contribution in [0.2, 0.25) is 0 Å². The smallest absolute Gasteiger partial charge is 0.117 e. The van der Waals surface area contributed by atoms with Gasteiger partial charge in [-0.05, 0) is 29.8 Å². The molecule has 4 nitrogen and oxygen atoms in total. The van der Waals surface area contributed by atoms with Gasteiger partial charge in [0, 0.05) is 10.9 Å². The molecule has 0 radical (unpaired) electrons. The molecule has 2 rings (SSSR count). The van der Waals surface area contributed by atoms with Gasteiger partial charge in [0.1, 0.15) is 6.61 Å². The Kier molecular flexibility index (Phi) is 6.85. The molecule has 1 aromatic heterocycles. The van der Waals surface area contributed by atoms with Crippen molar-refractivity contribution >= 4 is 39.7 Å². The summed E-state index contributed by atoms with van der Waals surface area (Å²) in [5.74, 6) is 0. The largest absolute Gasteiger partial charge is 0.396 e. The quantitative estimate of drug-likeness (QED) is 0.221. The van der Waals surface area contributed by atoms with E-state index in [1.165, 1.54) is 0 Å². The van der Waals surface area contributed by atoms with Gasteiger partial charge in [-0.15, -0.1) is 0 Å². The van der Waals surface area contributed by atoms with Gasteiger partial charge >= 0.3 is 0 Å². The lowest BCUT2D eigenvalue weighted by atomic mass is 10.1. The van der Waals surface area contributed by atoms with Crippen LogP contribution in [0, 0.1) is 0 Å². The zero-order valence-corrected chi connectivity index (χ0v) is 14.4. The van der Waals surface area contributed by atoms with Gasteiger partial charge < -0.3 is 4.84 Å². The number of alkyl halides is 1. The van der Waals surface area contributed by atoms with E-state index in [0.29, 0.717) is 6.61 Å². The molecule has 0 aliphatic rings. The van der Waals surface area contributed by atoms with Crippen molar-refractivity contribution in [3.05, 3.63) is 35.5 Å². The summed E-state index contributed by atoms with van der Waals surface area (Å²) in [6.07, 6.45) is 5.92. The van der Waals surface area contributed by atoms with Crippen molar-refractivity contribution in [2.75, 3.05) is 11.0 Å². The normalized spacial score (nSPS) is 11.3. The number of hydrogen-bond donors (Lipinski definition) is 0. The zero-order chi connectivity index (χ0) is 14.9. The first-order valence-electron chi connectivity index (χ1n) is 7.32. The van der Waals surface area contributed by atoms with Crippen LogP contribution < -0.4 is 0 Å². The maximum absolute atomic E-state index is 5.31. The molecule has 2 aromatic rings. The number of nitrogens with zero attached hydrogens (tertiary/aromatic N) is 3. The third-order valence-corrected chi connectivity index (χ3v) is 3.94. The fraction of sp³-hybridized carbons (Fsp3) is 0.438. The molecule has 0 fully saturated rings. The number of fused-ring (bicyclic) bond motifs is 1. The number of benzene rings is 1. The molecule has 0 aliphatic heterocycles. The third-order valence-electron chi connectivity index (χ3n) is 3.18. The summed E-state index contributed by atoms with van der Waals surface area (Å²) in [6.45, 7) is 2.79. The van der Waals surface area contributed by atoms with E-state index in [4.69, 9.17) is 4.84 Å². The number of oxime groups is 1. The Bertz CT molecular complexity index is 601. The fourth-order valence-electron chi connectivity index (χ4n) is 2.03. The molecule has 0 unspecified atom stereocenters. The van der Waals surface area contributed by atoms with E-state index in [1.54, 1.807) is 6.21 Å². The minimum Gasteiger partial charge on any atom is -0.396 e. The monoisotopic (exact) mass is 397 g/mol. The van der Waals surface area contributed by atoms with Gasteiger partial charge in [0.25, 0.3) is 0 Å². The van der Waals surface area contributed by atoms with Crippen LogP contribution in [0.3, 0.4) is 0 Å². The average Bonchev–Trinajstić information content (AvgIpc) is 2.53. The van der Waals surface area contributed by atoms with Gasteiger partial charge in [0.2, 0.25) is 0 Å². The Morgan fingerprint density at radius 3 is 2.90 bits per heavy atom. The highest BCUT2D eigenvalue weighted by Crippen LogP contribution is 2.18. The number of unbranched alkanes of at least 4 members (excludes halogenated alkanes) is 1. The molecule has 0 aliphatic carbocycles. The summed E-state index contributed by atoms with van der Waals surface area (Å²) in [5, 5.41) is 13.8. The van der Waals surface area contributed by atoms with E-state index < -0.39 is 0 Å². The SMILES string of the molecule is CCCCON=Cc1c(CCCI)nnc2ccccc12. The van der Waals surface area contributed by atoms with E-state index in [0.717, 1.165) is 52.3 Å². The van der Waals surface area contributed by atoms with Gasteiger partial charge in [-0.1, -0.05) is 59.3 Å². The van der Waals surface area contributed by atoms with E-state index in [1.807, 2.05) is 18.2 Å². The van der Waals surface area contributed by atoms with Crippen molar-refractivity contribution in [3.63, 3.8) is 0 Å². The van der Waals surface area contributed by atoms with E-state index in [-0.39, 0.29) is 0 Å². The standard InChI is InChI=1S/C16H20IN3O/c1-2-3-11-21-18-12-14-13-7-4-5-8-15(13)19-20-16(14)9-6-10-17/h4-5,7-8,12H,2-3,6,9-11H2,1H3. The van der Waals surface area contributed by atoms with Crippen LogP contribution >= 0.6 is 22.6 Å². The predicted octanol–water partition coefficient (Wildman–Crippen LogP) is 4.15. The number of rotatable bonds is 8. The fourth-order valence-corrected chi connectivity index (χ4v) is 2.41. The molecule has 0 saturated carbocycles. The summed E-state index contributed by atoms with van der Waals surface area (Å²) < 4.78 is 1.11. The Balaban J connectivity index is 2.27. The van der Waals surface area contributed by atoms with E-state index >= 15 is 0 Å². The minimum absolute atomic E-state index is 0.659. The lowest BCUT2D eigenvalue weighted by Gasteiger charge is -2.07. The summed E-state index contributed by atoms with van der Waals surface area (Å²) in [5.41, 5.74) is 2.92. The highest BCUT2D eigenvalue weighted by atomic mass is 127. The number of hydrogen-bond acceptors (Lipinski definition) is 4. The summed E-state index contributed by atoms with van der Waals surface area (Å²) in [7, 11) is 0. The summed E-state index contributed by atoms with van der Waals surface area (Å²) in [6, 6.07) is 8.02. The average molecular weight is 397 g/mol. The van der Waals surface area contributed by atoms with Gasteiger partial charge in [0.15, 0.2) is 0 Å². The van der Waals surface area contributed by atoms with Crippen molar-refractivity contribution in [3.8, 4) is 0 Å². The maximum Gasteiger partial charge on any atom is 0.117 e. The Labute approximate surface area is 139 Å². The van der Waals surface area contributed by atoms with Gasteiger partial charge in [-0.3, -0.25) is 0 Å². The minimum atomic E-state index is 0.659. The second kappa shape index (κ2) is 8.92. The predicted molar refractivity (Wildman–Crippen MR) is 95.2 cm³/mol. The van der Waals surface area contributed by atoms with Crippen molar-refractivity contribution < 1.29 is 4.84 Å². The molecule has 0 bridgehead atoms. The summed E-state index contributed by atoms with van der Waals surface area (Å²) >= 11 is 2.38. The molecule has 0 saturated heterocycles. The lowest BCUT2D eigenvalue weighted by molar-refractivity contribution is 0.143. The Morgan fingerprint density at radius 2 is 2.10 bits per heavy atom. The first-order chi connectivity index (χ1) is 10.4. The maximum atomic E-state index is 5.31. The van der Waals surface area contributed by atoms with Crippen LogP contribution in [-0.4, -0.2) is 27.4 Å². The van der Waals surface area contributed by atoms with Crippen LogP contribution in [0.4, 0.5) is 0 Å². The van der Waals surface area contributed by atoms with Gasteiger partial charge in [0.05, 0.1) is 17.4 Å². The first kappa shape index (κ1) is 16.1. The van der Waals surface area contributed by atoms with Crippen molar-refractivity contribution in [1.29, 1.82) is 0 Å². The van der Waals surface area contributed by atoms with Crippen molar-refractivity contribution in [1.82, 2.24) is 10.2 Å². The van der Waals surface area contributed by atoms with Crippen LogP contribution in [0.1, 0.15) is 37.4 Å². The molecular weight excluding hydrogens is 377 g/mol. The van der Waals surface area contributed by atoms with Crippen LogP contribution in [-0.2, 0) is 11.3 Å². The number of aromatic nitrogens is 2. The van der Waals surface area contributed by atoms with Gasteiger partial charge in [-0.2, -0.15) is 10.2 Å². The number of halogens is 1. The molecule has 5 heteroatoms. The number of aryl methyl sites for hydroxylation is 1. The first-order valence-corrected chi connectivity index (χ1v) is 8.85. The van der Waals surface area contributed by atoms with Crippen molar-refractivity contribution in [2.24, 2.45) is 5.16 Å². The molecule has 0 atom stereocenters. The lowest BCUT2D eigenvalue weighted by Crippen LogP contribution is -2.02. The summed E-state index contributed by atoms with van der Waals surface area (Å²) in [4.78, 5) is 5.31. The van der Waals surface area contributed by atoms with Gasteiger partial charge in [-0.25, -0.2) is 0 Å². The molecule has 112 valence electrons. The van der Waals surface area contributed by atoms with Crippen molar-refractivity contribution in [2.45, 2.75) is 32.6 Å². The van der Waals surface area contributed by atoms with Crippen LogP contribution in [0.5, 0.6) is 0 Å². The molecule has 21 heavy (non-hydrogen) atoms. The van der Waals surface area contributed by atoms with E-state index in [9.17, 15) is 0 Å². The zero-order valence-electron chi connectivity index (χ0n) is 12.3. The molecule has 0 N–H and O–H groups in total.